The van der Waals surface area contributed by atoms with Gasteiger partial charge < -0.3 is 0 Å². The normalized spacial score (nSPS) is 17.2. The van der Waals surface area contributed by atoms with Crippen molar-refractivity contribution in [3.8, 4) is 101 Å². The van der Waals surface area contributed by atoms with Crippen LogP contribution in [0, 0.1) is 0 Å². The van der Waals surface area contributed by atoms with E-state index in [2.05, 4.69) is 283 Å². The molecule has 0 bridgehead atoms. The van der Waals surface area contributed by atoms with Crippen molar-refractivity contribution in [3.05, 3.63) is 267 Å². The molecule has 0 radical (unpaired) electrons. The monoisotopic (exact) mass is 1160 g/mol. The lowest BCUT2D eigenvalue weighted by molar-refractivity contribution is 0.652. The van der Waals surface area contributed by atoms with E-state index in [-0.39, 0.29) is 32.5 Å². The minimum atomic E-state index is -0.332. The maximum Gasteiger partial charge on any atom is 0.164 e. The topological polar surface area (TPSA) is 38.7 Å². The fraction of sp³-hybridized carbons (Fsp3) is 0.207. The molecule has 3 nitrogen and oxygen atoms in total. The zero-order valence-corrected chi connectivity index (χ0v) is 53.4. The van der Waals surface area contributed by atoms with E-state index in [0.29, 0.717) is 17.5 Å². The Morgan fingerprint density at radius 1 is 0.178 bits per heavy atom. The Bertz CT molecular complexity index is 4990. The van der Waals surface area contributed by atoms with Crippen molar-refractivity contribution in [2.45, 2.75) is 116 Å². The molecular formula is C87H69N3. The predicted octanol–water partition coefficient (Wildman–Crippen LogP) is 22.2. The third-order valence-electron chi connectivity index (χ3n) is 23.5. The molecule has 12 aromatic carbocycles. The number of aromatic nitrogens is 3. The van der Waals surface area contributed by atoms with Gasteiger partial charge in [0.2, 0.25) is 0 Å². The highest BCUT2D eigenvalue weighted by Crippen LogP contribution is 2.62. The van der Waals surface area contributed by atoms with Crippen LogP contribution in [0.25, 0.3) is 133 Å². The second kappa shape index (κ2) is 16.8. The summed E-state index contributed by atoms with van der Waals surface area (Å²) in [7, 11) is 0. The largest absolute Gasteiger partial charge is 0.208 e. The Morgan fingerprint density at radius 3 is 0.656 bits per heavy atom. The van der Waals surface area contributed by atoms with Gasteiger partial charge in [0, 0.05) is 49.2 Å². The van der Waals surface area contributed by atoms with E-state index < -0.39 is 0 Å². The SMILES string of the molecule is CC1(C)c2ccccc2-c2cc3c(cc21)-c1c(cc(-c2nc(-c4cc5c(c6ccccc46)-c4cc6c(cc4C5(C)C)-c4ccccc4C6(C)C)nc(-c4cc5c(c6ccccc46)-c4cc6c(cc4C5(C)C)-c4ccccc4C6(C)C)n2)c2ccccc12)C3(C)C. The Kier molecular flexibility index (Phi) is 9.79. The van der Waals surface area contributed by atoms with E-state index in [1.54, 1.807) is 0 Å². The lowest BCUT2D eigenvalue weighted by Gasteiger charge is -2.25. The van der Waals surface area contributed by atoms with Crippen molar-refractivity contribution in [2.24, 2.45) is 0 Å². The Morgan fingerprint density at radius 2 is 0.378 bits per heavy atom. The summed E-state index contributed by atoms with van der Waals surface area (Å²) >= 11 is 0. The standard InChI is InChI=1S/C87H69N3/c1-82(2)64-34-22-19-28-49(64)55-37-70-61(43-67(55)82)76-52-31-16-13-25-46(52)58(40-73(76)85(70,7)8)79-88-80(59-41-74-77(53-32-17-14-26-47(53)59)62-44-68-56(38-71(62)86(74,9)10)50-29-20-23-35-65(50)83(68,3)4)90-81(89-79)60-42-75-78(54-33-18-15-27-48(54)60)63-45-69-57(39-72(63)87(75,11)12)51-30-21-24-36-66(51)84(69,5)6/h13-45H,1-12H3. The molecule has 6 aliphatic rings. The first-order valence-corrected chi connectivity index (χ1v) is 32.5. The van der Waals surface area contributed by atoms with Crippen LogP contribution in [0.4, 0.5) is 0 Å². The van der Waals surface area contributed by atoms with Crippen LogP contribution in [0.15, 0.2) is 200 Å². The molecule has 19 rings (SSSR count). The highest BCUT2D eigenvalue weighted by Gasteiger charge is 2.47. The lowest BCUT2D eigenvalue weighted by Crippen LogP contribution is -2.17. The summed E-state index contributed by atoms with van der Waals surface area (Å²) in [5.74, 6) is 2.02. The highest BCUT2D eigenvalue weighted by molar-refractivity contribution is 6.13. The Labute approximate surface area is 527 Å². The summed E-state index contributed by atoms with van der Waals surface area (Å²) in [6.45, 7) is 28.9. The number of benzene rings is 12. The van der Waals surface area contributed by atoms with E-state index in [9.17, 15) is 0 Å². The summed E-state index contributed by atoms with van der Waals surface area (Å²) in [6, 6.07) is 76.8. The predicted molar refractivity (Wildman–Crippen MR) is 374 cm³/mol. The van der Waals surface area contributed by atoms with E-state index >= 15 is 0 Å². The Hall–Kier alpha value is -9.57. The molecule has 1 aromatic heterocycles. The van der Waals surface area contributed by atoms with E-state index in [0.717, 1.165) is 32.8 Å². The minimum Gasteiger partial charge on any atom is -0.208 e. The second-order valence-electron chi connectivity index (χ2n) is 30.2. The number of fused-ring (bicyclic) bond motifs is 24. The number of nitrogens with zero attached hydrogens (tertiary/aromatic N) is 3. The maximum absolute atomic E-state index is 5.89. The Balaban J connectivity index is 0.867. The smallest absolute Gasteiger partial charge is 0.164 e. The van der Waals surface area contributed by atoms with Gasteiger partial charge in [-0.1, -0.05) is 229 Å². The van der Waals surface area contributed by atoms with Crippen LogP contribution in [0.2, 0.25) is 0 Å². The van der Waals surface area contributed by atoms with Crippen LogP contribution in [-0.4, -0.2) is 15.0 Å². The third-order valence-corrected chi connectivity index (χ3v) is 23.5. The summed E-state index contributed by atoms with van der Waals surface area (Å²) < 4.78 is 0. The zero-order chi connectivity index (χ0) is 61.2. The summed E-state index contributed by atoms with van der Waals surface area (Å²) in [5, 5.41) is 7.04. The van der Waals surface area contributed by atoms with Crippen LogP contribution in [0.3, 0.4) is 0 Å². The minimum absolute atomic E-state index is 0.132. The fourth-order valence-corrected chi connectivity index (χ4v) is 18.6. The van der Waals surface area contributed by atoms with Gasteiger partial charge in [0.25, 0.3) is 0 Å². The van der Waals surface area contributed by atoms with Gasteiger partial charge in [0.15, 0.2) is 17.5 Å². The summed E-state index contributed by atoms with van der Waals surface area (Å²) in [4.78, 5) is 17.7. The first-order chi connectivity index (χ1) is 43.2. The molecule has 90 heavy (non-hydrogen) atoms. The van der Waals surface area contributed by atoms with E-state index in [1.807, 2.05) is 0 Å². The first-order valence-electron chi connectivity index (χ1n) is 32.5. The van der Waals surface area contributed by atoms with Crippen LogP contribution in [0.1, 0.15) is 150 Å². The van der Waals surface area contributed by atoms with Crippen molar-refractivity contribution in [1.29, 1.82) is 0 Å². The van der Waals surface area contributed by atoms with Crippen LogP contribution in [0.5, 0.6) is 0 Å². The zero-order valence-electron chi connectivity index (χ0n) is 53.4. The molecule has 0 spiro atoms. The van der Waals surface area contributed by atoms with Crippen LogP contribution >= 0.6 is 0 Å². The van der Waals surface area contributed by atoms with Gasteiger partial charge in [0.1, 0.15) is 0 Å². The summed E-state index contributed by atoms with van der Waals surface area (Å²) in [5.41, 5.74) is 34.0. The van der Waals surface area contributed by atoms with Gasteiger partial charge in [-0.2, -0.15) is 0 Å². The first kappa shape index (κ1) is 52.4. The molecule has 0 atom stereocenters. The molecule has 1 heterocycles. The van der Waals surface area contributed by atoms with Gasteiger partial charge in [-0.15, -0.1) is 0 Å². The molecule has 0 fully saturated rings. The van der Waals surface area contributed by atoms with Gasteiger partial charge >= 0.3 is 0 Å². The molecule has 0 amide bonds. The quantitative estimate of drug-likeness (QED) is 0.177. The van der Waals surface area contributed by atoms with Crippen molar-refractivity contribution < 1.29 is 0 Å². The van der Waals surface area contributed by atoms with Gasteiger partial charge in [-0.05, 0) is 220 Å². The average Bonchev–Trinajstić information content (AvgIpc) is 1.54. The average molecular weight is 1160 g/mol. The van der Waals surface area contributed by atoms with E-state index in [1.165, 1.54) is 150 Å². The molecule has 432 valence electrons. The molecule has 13 aromatic rings. The summed E-state index contributed by atoms with van der Waals surface area (Å²) in [6.07, 6.45) is 0. The van der Waals surface area contributed by atoms with Crippen molar-refractivity contribution >= 4 is 32.3 Å². The van der Waals surface area contributed by atoms with Crippen molar-refractivity contribution in [2.75, 3.05) is 0 Å². The number of hydrogen-bond donors (Lipinski definition) is 0. The lowest BCUT2D eigenvalue weighted by atomic mass is 9.79. The van der Waals surface area contributed by atoms with Crippen LogP contribution in [-0.2, 0) is 32.5 Å². The molecule has 0 saturated heterocycles. The van der Waals surface area contributed by atoms with Gasteiger partial charge in [-0.25, -0.2) is 15.0 Å². The maximum atomic E-state index is 5.89. The van der Waals surface area contributed by atoms with E-state index in [4.69, 9.17) is 15.0 Å². The van der Waals surface area contributed by atoms with Gasteiger partial charge in [-0.3, -0.25) is 0 Å². The number of hydrogen-bond acceptors (Lipinski definition) is 3. The molecular weight excluding hydrogens is 1090 g/mol. The molecule has 6 aliphatic carbocycles. The van der Waals surface area contributed by atoms with Crippen molar-refractivity contribution in [3.63, 3.8) is 0 Å². The molecule has 0 N–H and O–H groups in total. The molecule has 3 heteroatoms. The van der Waals surface area contributed by atoms with Gasteiger partial charge in [0.05, 0.1) is 0 Å². The third kappa shape index (κ3) is 6.34. The molecule has 0 aliphatic heterocycles. The van der Waals surface area contributed by atoms with Crippen molar-refractivity contribution in [1.82, 2.24) is 15.0 Å². The fourth-order valence-electron chi connectivity index (χ4n) is 18.6. The second-order valence-corrected chi connectivity index (χ2v) is 30.2. The highest BCUT2D eigenvalue weighted by atomic mass is 15.0. The number of rotatable bonds is 3. The van der Waals surface area contributed by atoms with Crippen LogP contribution < -0.4 is 0 Å². The molecule has 0 unspecified atom stereocenters. The molecule has 0 saturated carbocycles.